The van der Waals surface area contributed by atoms with Crippen molar-refractivity contribution in [3.8, 4) is 0 Å². The number of fused-ring (bicyclic) bond motifs is 1. The highest BCUT2D eigenvalue weighted by Crippen LogP contribution is 2.46. The average Bonchev–Trinajstić information content (AvgIpc) is 2.51. The molecule has 4 atom stereocenters. The lowest BCUT2D eigenvalue weighted by Gasteiger charge is -2.42. The number of halogens is 2. The zero-order chi connectivity index (χ0) is 14.8. The minimum absolute atomic E-state index is 0.183. The lowest BCUT2D eigenvalue weighted by molar-refractivity contribution is 0.109. The van der Waals surface area contributed by atoms with Crippen molar-refractivity contribution in [2.24, 2.45) is 23.6 Å². The van der Waals surface area contributed by atoms with E-state index in [0.717, 1.165) is 17.4 Å². The maximum atomic E-state index is 6.16. The van der Waals surface area contributed by atoms with E-state index in [9.17, 15) is 0 Å². The van der Waals surface area contributed by atoms with Crippen LogP contribution in [0.1, 0.15) is 56.6 Å². The lowest BCUT2D eigenvalue weighted by atomic mass is 9.65. The monoisotopic (exact) mass is 326 g/mol. The summed E-state index contributed by atoms with van der Waals surface area (Å²) in [5.41, 5.74) is 4.19. The van der Waals surface area contributed by atoms with Gasteiger partial charge >= 0.3 is 0 Å². The fourth-order valence-corrected chi connectivity index (χ4v) is 4.73. The van der Waals surface area contributed by atoms with Crippen molar-refractivity contribution in [2.45, 2.75) is 51.0 Å². The number of benzene rings is 1. The Bertz CT molecular complexity index is 492. The second-order valence-corrected chi connectivity index (χ2v) is 7.51. The molecular weight excluding hydrogens is 303 g/mol. The van der Waals surface area contributed by atoms with Gasteiger partial charge in [-0.15, -0.1) is 0 Å². The second kappa shape index (κ2) is 6.87. The molecular formula is C17H24Cl2N2. The van der Waals surface area contributed by atoms with E-state index in [0.29, 0.717) is 16.0 Å². The van der Waals surface area contributed by atoms with Crippen molar-refractivity contribution in [3.05, 3.63) is 33.8 Å². The predicted molar refractivity (Wildman–Crippen MR) is 89.3 cm³/mol. The summed E-state index contributed by atoms with van der Waals surface area (Å²) < 4.78 is 0. The molecule has 21 heavy (non-hydrogen) atoms. The number of nitrogens with one attached hydrogen (secondary N) is 1. The molecule has 4 heteroatoms. The molecule has 2 fully saturated rings. The number of hydrazine groups is 1. The van der Waals surface area contributed by atoms with E-state index >= 15 is 0 Å². The molecule has 1 aromatic carbocycles. The first kappa shape index (κ1) is 15.6. The van der Waals surface area contributed by atoms with Crippen molar-refractivity contribution >= 4 is 23.2 Å². The molecule has 4 unspecified atom stereocenters. The SMILES string of the molecule is NNC(c1ccc(Cl)c(Cl)c1)C1CCC2CCCCC2C1. The van der Waals surface area contributed by atoms with Crippen molar-refractivity contribution in [3.63, 3.8) is 0 Å². The van der Waals surface area contributed by atoms with Crippen molar-refractivity contribution in [2.75, 3.05) is 0 Å². The molecule has 0 saturated heterocycles. The fraction of sp³-hybridized carbons (Fsp3) is 0.647. The Balaban J connectivity index is 1.75. The topological polar surface area (TPSA) is 38.0 Å². The minimum atomic E-state index is 0.183. The van der Waals surface area contributed by atoms with Crippen LogP contribution in [0.4, 0.5) is 0 Å². The summed E-state index contributed by atoms with van der Waals surface area (Å²) >= 11 is 12.2. The highest BCUT2D eigenvalue weighted by Gasteiger charge is 2.35. The van der Waals surface area contributed by atoms with Crippen molar-refractivity contribution in [1.29, 1.82) is 0 Å². The summed E-state index contributed by atoms with van der Waals surface area (Å²) in [5, 5.41) is 1.22. The van der Waals surface area contributed by atoms with Crippen LogP contribution in [0.25, 0.3) is 0 Å². The van der Waals surface area contributed by atoms with Gasteiger partial charge in [-0.25, -0.2) is 0 Å². The Morgan fingerprint density at radius 3 is 2.48 bits per heavy atom. The van der Waals surface area contributed by atoms with Crippen LogP contribution in [0.3, 0.4) is 0 Å². The maximum Gasteiger partial charge on any atom is 0.0595 e. The summed E-state index contributed by atoms with van der Waals surface area (Å²) in [5.74, 6) is 8.33. The number of nitrogens with two attached hydrogens (primary N) is 1. The molecule has 2 saturated carbocycles. The lowest BCUT2D eigenvalue weighted by Crippen LogP contribution is -2.38. The Hall–Kier alpha value is -0.280. The average molecular weight is 327 g/mol. The third-order valence-electron chi connectivity index (χ3n) is 5.53. The molecule has 0 aromatic heterocycles. The molecule has 3 rings (SSSR count). The fourth-order valence-electron chi connectivity index (χ4n) is 4.42. The normalized spacial score (nSPS) is 30.7. The van der Waals surface area contributed by atoms with Crippen molar-refractivity contribution < 1.29 is 0 Å². The first-order valence-electron chi connectivity index (χ1n) is 8.10. The van der Waals surface area contributed by atoms with Gasteiger partial charge in [0.1, 0.15) is 0 Å². The standard InChI is InChI=1S/C17H24Cl2N2/c18-15-8-7-14(10-16(15)19)17(21-20)13-6-5-11-3-1-2-4-12(11)9-13/h7-8,10-13,17,21H,1-6,9,20H2. The Morgan fingerprint density at radius 2 is 1.76 bits per heavy atom. The van der Waals surface area contributed by atoms with E-state index < -0.39 is 0 Å². The Labute approximate surface area is 137 Å². The summed E-state index contributed by atoms with van der Waals surface area (Å²) in [6.45, 7) is 0. The van der Waals surface area contributed by atoms with Crippen molar-refractivity contribution in [1.82, 2.24) is 5.43 Å². The van der Waals surface area contributed by atoms with Gasteiger partial charge in [-0.2, -0.15) is 0 Å². The van der Waals surface area contributed by atoms with Gasteiger partial charge in [0.15, 0.2) is 0 Å². The highest BCUT2D eigenvalue weighted by molar-refractivity contribution is 6.42. The first-order chi connectivity index (χ1) is 10.2. The van der Waals surface area contributed by atoms with Gasteiger partial charge in [-0.3, -0.25) is 11.3 Å². The number of hydrogen-bond acceptors (Lipinski definition) is 2. The summed E-state index contributed by atoms with van der Waals surface area (Å²) in [4.78, 5) is 0. The third-order valence-corrected chi connectivity index (χ3v) is 6.27. The Morgan fingerprint density at radius 1 is 1.00 bits per heavy atom. The number of hydrogen-bond donors (Lipinski definition) is 2. The number of rotatable bonds is 3. The molecule has 1 aromatic rings. The first-order valence-corrected chi connectivity index (χ1v) is 8.85. The van der Waals surface area contributed by atoms with E-state index in [1.165, 1.54) is 44.9 Å². The molecule has 0 heterocycles. The molecule has 2 aliphatic rings. The van der Waals surface area contributed by atoms with Gasteiger partial charge in [0.25, 0.3) is 0 Å². The molecule has 116 valence electrons. The maximum absolute atomic E-state index is 6.16. The minimum Gasteiger partial charge on any atom is -0.271 e. The molecule has 0 radical (unpaired) electrons. The molecule has 3 N–H and O–H groups in total. The van der Waals surface area contributed by atoms with Gasteiger partial charge < -0.3 is 0 Å². The highest BCUT2D eigenvalue weighted by atomic mass is 35.5. The van der Waals surface area contributed by atoms with Crippen LogP contribution in [0, 0.1) is 17.8 Å². The van der Waals surface area contributed by atoms with Gasteiger partial charge in [-0.1, -0.05) is 55.0 Å². The predicted octanol–water partition coefficient (Wildman–Crippen LogP) is 5.10. The zero-order valence-electron chi connectivity index (χ0n) is 12.3. The van der Waals surface area contributed by atoms with Gasteiger partial charge in [-0.05, 0) is 54.7 Å². The van der Waals surface area contributed by atoms with Crippen LogP contribution in [-0.2, 0) is 0 Å². The van der Waals surface area contributed by atoms with E-state index in [1.54, 1.807) is 0 Å². The summed E-state index contributed by atoms with van der Waals surface area (Å²) in [6.07, 6.45) is 9.58. The van der Waals surface area contributed by atoms with Gasteiger partial charge in [0.05, 0.1) is 10.0 Å². The largest absolute Gasteiger partial charge is 0.271 e. The quantitative estimate of drug-likeness (QED) is 0.598. The molecule has 2 aliphatic carbocycles. The van der Waals surface area contributed by atoms with Crippen LogP contribution >= 0.6 is 23.2 Å². The summed E-state index contributed by atoms with van der Waals surface area (Å²) in [7, 11) is 0. The van der Waals surface area contributed by atoms with E-state index in [1.807, 2.05) is 18.2 Å². The Kier molecular flexibility index (Phi) is 5.11. The van der Waals surface area contributed by atoms with E-state index in [4.69, 9.17) is 29.0 Å². The molecule has 0 bridgehead atoms. The third kappa shape index (κ3) is 3.39. The summed E-state index contributed by atoms with van der Waals surface area (Å²) in [6, 6.07) is 6.06. The zero-order valence-corrected chi connectivity index (χ0v) is 13.8. The van der Waals surface area contributed by atoms with E-state index in [2.05, 4.69) is 5.43 Å². The smallest absolute Gasteiger partial charge is 0.0595 e. The molecule has 0 spiro atoms. The molecule has 0 aliphatic heterocycles. The van der Waals surface area contributed by atoms with Crippen LogP contribution < -0.4 is 11.3 Å². The van der Waals surface area contributed by atoms with Gasteiger partial charge in [0.2, 0.25) is 0 Å². The van der Waals surface area contributed by atoms with Crippen LogP contribution in [-0.4, -0.2) is 0 Å². The molecule has 2 nitrogen and oxygen atoms in total. The van der Waals surface area contributed by atoms with Crippen LogP contribution in [0.5, 0.6) is 0 Å². The van der Waals surface area contributed by atoms with Crippen LogP contribution in [0.15, 0.2) is 18.2 Å². The molecule has 0 amide bonds. The van der Waals surface area contributed by atoms with E-state index in [-0.39, 0.29) is 6.04 Å². The van der Waals surface area contributed by atoms with Gasteiger partial charge in [0, 0.05) is 6.04 Å². The van der Waals surface area contributed by atoms with Crippen LogP contribution in [0.2, 0.25) is 10.0 Å². The second-order valence-electron chi connectivity index (χ2n) is 6.70.